The summed E-state index contributed by atoms with van der Waals surface area (Å²) < 4.78 is 18.8. The predicted octanol–water partition coefficient (Wildman–Crippen LogP) is 2.59. The Morgan fingerprint density at radius 1 is 1.39 bits per heavy atom. The van der Waals surface area contributed by atoms with E-state index in [-0.39, 0.29) is 22.6 Å². The number of hydrogen-bond acceptors (Lipinski definition) is 3. The van der Waals surface area contributed by atoms with E-state index < -0.39 is 11.8 Å². The van der Waals surface area contributed by atoms with Gasteiger partial charge in [-0.05, 0) is 24.3 Å². The molecule has 2 aromatic rings. The number of pyridine rings is 1. The number of rotatable bonds is 3. The lowest BCUT2D eigenvalue weighted by atomic mass is 10.1. The van der Waals surface area contributed by atoms with Crippen molar-refractivity contribution in [2.24, 2.45) is 0 Å². The third kappa shape index (κ3) is 2.15. The number of halogens is 1. The zero-order valence-electron chi connectivity index (χ0n) is 9.55. The van der Waals surface area contributed by atoms with Crippen LogP contribution in [-0.2, 0) is 0 Å². The summed E-state index contributed by atoms with van der Waals surface area (Å²) in [5, 5.41) is 8.88. The number of methoxy groups -OCH3 is 1. The van der Waals surface area contributed by atoms with Crippen LogP contribution < -0.4 is 4.74 Å². The van der Waals surface area contributed by atoms with E-state index >= 15 is 0 Å². The van der Waals surface area contributed by atoms with Crippen molar-refractivity contribution in [3.63, 3.8) is 0 Å². The van der Waals surface area contributed by atoms with Crippen molar-refractivity contribution in [1.82, 2.24) is 4.98 Å². The Kier molecular flexibility index (Phi) is 3.23. The number of hydrogen-bond donors (Lipinski definition) is 1. The van der Waals surface area contributed by atoms with Gasteiger partial charge in [-0.2, -0.15) is 0 Å². The standard InChI is InChI=1S/C13H10FNO3/c1-18-11-4-2-3-9(12(11)14)10-7-8(13(16)17)5-6-15-10/h2-7H,1H3,(H,16,17). The molecule has 0 aliphatic carbocycles. The number of aromatic nitrogens is 1. The molecule has 0 amide bonds. The number of ether oxygens (including phenoxy) is 1. The van der Waals surface area contributed by atoms with Gasteiger partial charge in [-0.15, -0.1) is 0 Å². The fourth-order valence-corrected chi connectivity index (χ4v) is 1.58. The van der Waals surface area contributed by atoms with Crippen LogP contribution in [0.2, 0.25) is 0 Å². The highest BCUT2D eigenvalue weighted by molar-refractivity contribution is 5.88. The second-order valence-corrected chi connectivity index (χ2v) is 3.56. The summed E-state index contributed by atoms with van der Waals surface area (Å²) in [6.07, 6.45) is 1.33. The number of carboxylic acid groups (broad SMARTS) is 1. The maximum Gasteiger partial charge on any atom is 0.335 e. The molecule has 2 rings (SSSR count). The molecule has 0 aliphatic heterocycles. The summed E-state index contributed by atoms with van der Waals surface area (Å²) in [6.45, 7) is 0. The summed E-state index contributed by atoms with van der Waals surface area (Å²) in [6, 6.07) is 7.29. The average Bonchev–Trinajstić information content (AvgIpc) is 2.39. The van der Waals surface area contributed by atoms with Gasteiger partial charge >= 0.3 is 5.97 Å². The van der Waals surface area contributed by atoms with E-state index in [0.29, 0.717) is 0 Å². The lowest BCUT2D eigenvalue weighted by molar-refractivity contribution is 0.0697. The first-order valence-corrected chi connectivity index (χ1v) is 5.15. The molecule has 1 aromatic heterocycles. The summed E-state index contributed by atoms with van der Waals surface area (Å²) in [5.74, 6) is -1.55. The molecule has 0 unspecified atom stereocenters. The van der Waals surface area contributed by atoms with Gasteiger partial charge in [-0.3, -0.25) is 4.98 Å². The molecule has 1 heterocycles. The van der Waals surface area contributed by atoms with Crippen LogP contribution in [0.1, 0.15) is 10.4 Å². The number of carbonyl (C=O) groups is 1. The number of carboxylic acids is 1. The second kappa shape index (κ2) is 4.83. The monoisotopic (exact) mass is 247 g/mol. The molecule has 4 nitrogen and oxygen atoms in total. The average molecular weight is 247 g/mol. The van der Waals surface area contributed by atoms with Gasteiger partial charge in [-0.25, -0.2) is 9.18 Å². The largest absolute Gasteiger partial charge is 0.494 e. The Morgan fingerprint density at radius 2 is 2.17 bits per heavy atom. The van der Waals surface area contributed by atoms with Crippen molar-refractivity contribution in [3.05, 3.63) is 47.9 Å². The Balaban J connectivity index is 2.55. The van der Waals surface area contributed by atoms with E-state index in [0.717, 1.165) is 0 Å². The van der Waals surface area contributed by atoms with Gasteiger partial charge < -0.3 is 9.84 Å². The molecule has 92 valence electrons. The van der Waals surface area contributed by atoms with Crippen molar-refractivity contribution in [1.29, 1.82) is 0 Å². The van der Waals surface area contributed by atoms with Crippen LogP contribution in [0.3, 0.4) is 0 Å². The van der Waals surface area contributed by atoms with Crippen LogP contribution in [0.15, 0.2) is 36.5 Å². The van der Waals surface area contributed by atoms with Gasteiger partial charge in [0.2, 0.25) is 0 Å². The van der Waals surface area contributed by atoms with Crippen LogP contribution in [0.25, 0.3) is 11.3 Å². The molecule has 18 heavy (non-hydrogen) atoms. The lowest BCUT2D eigenvalue weighted by Crippen LogP contribution is -1.98. The minimum atomic E-state index is -1.08. The van der Waals surface area contributed by atoms with E-state index in [1.165, 1.54) is 37.6 Å². The molecule has 0 saturated carbocycles. The van der Waals surface area contributed by atoms with E-state index in [4.69, 9.17) is 9.84 Å². The van der Waals surface area contributed by atoms with Gasteiger partial charge in [0.05, 0.1) is 18.4 Å². The van der Waals surface area contributed by atoms with Gasteiger partial charge in [0, 0.05) is 11.8 Å². The third-order valence-corrected chi connectivity index (χ3v) is 2.47. The maximum atomic E-state index is 14.0. The number of nitrogens with zero attached hydrogens (tertiary/aromatic N) is 1. The summed E-state index contributed by atoms with van der Waals surface area (Å²) in [4.78, 5) is 14.8. The molecule has 0 atom stereocenters. The fourth-order valence-electron chi connectivity index (χ4n) is 1.58. The Hall–Kier alpha value is -2.43. The van der Waals surface area contributed by atoms with E-state index in [2.05, 4.69) is 4.98 Å². The van der Waals surface area contributed by atoms with Crippen molar-refractivity contribution < 1.29 is 19.0 Å². The van der Waals surface area contributed by atoms with Crippen molar-refractivity contribution in [2.75, 3.05) is 7.11 Å². The van der Waals surface area contributed by atoms with Crippen LogP contribution in [0.4, 0.5) is 4.39 Å². The Labute approximate surface area is 103 Å². The minimum absolute atomic E-state index is 0.0576. The van der Waals surface area contributed by atoms with Crippen LogP contribution in [0.5, 0.6) is 5.75 Å². The molecular weight excluding hydrogens is 237 g/mol. The Morgan fingerprint density at radius 3 is 2.83 bits per heavy atom. The summed E-state index contributed by atoms with van der Waals surface area (Å²) in [5.41, 5.74) is 0.519. The van der Waals surface area contributed by atoms with Crippen LogP contribution in [-0.4, -0.2) is 23.2 Å². The maximum absolute atomic E-state index is 14.0. The topological polar surface area (TPSA) is 59.4 Å². The van der Waals surface area contributed by atoms with E-state index in [9.17, 15) is 9.18 Å². The fraction of sp³-hybridized carbons (Fsp3) is 0.0769. The molecule has 0 radical (unpaired) electrons. The smallest absolute Gasteiger partial charge is 0.335 e. The molecule has 0 spiro atoms. The first-order chi connectivity index (χ1) is 8.63. The third-order valence-electron chi connectivity index (χ3n) is 2.47. The molecule has 1 N–H and O–H groups in total. The zero-order valence-corrected chi connectivity index (χ0v) is 9.55. The molecular formula is C13H10FNO3. The SMILES string of the molecule is COc1cccc(-c2cc(C(=O)O)ccn2)c1F. The zero-order chi connectivity index (χ0) is 13.1. The van der Waals surface area contributed by atoms with Crippen LogP contribution >= 0.6 is 0 Å². The molecule has 0 fully saturated rings. The van der Waals surface area contributed by atoms with Crippen LogP contribution in [0, 0.1) is 5.82 Å². The van der Waals surface area contributed by atoms with Gasteiger partial charge in [0.25, 0.3) is 0 Å². The highest BCUT2D eigenvalue weighted by Crippen LogP contribution is 2.27. The van der Waals surface area contributed by atoms with Gasteiger partial charge in [0.1, 0.15) is 0 Å². The highest BCUT2D eigenvalue weighted by atomic mass is 19.1. The summed E-state index contributed by atoms with van der Waals surface area (Å²) in [7, 11) is 1.36. The second-order valence-electron chi connectivity index (χ2n) is 3.56. The van der Waals surface area contributed by atoms with Gasteiger partial charge in [0.15, 0.2) is 11.6 Å². The van der Waals surface area contributed by atoms with Crippen molar-refractivity contribution in [2.45, 2.75) is 0 Å². The Bertz CT molecular complexity index is 599. The first kappa shape index (κ1) is 12.0. The first-order valence-electron chi connectivity index (χ1n) is 5.15. The quantitative estimate of drug-likeness (QED) is 0.905. The minimum Gasteiger partial charge on any atom is -0.494 e. The molecule has 0 aliphatic rings. The van der Waals surface area contributed by atoms with E-state index in [1.807, 2.05) is 0 Å². The van der Waals surface area contributed by atoms with Crippen molar-refractivity contribution in [3.8, 4) is 17.0 Å². The molecule has 0 bridgehead atoms. The molecule has 5 heteroatoms. The molecule has 0 saturated heterocycles. The van der Waals surface area contributed by atoms with Gasteiger partial charge in [-0.1, -0.05) is 6.07 Å². The predicted molar refractivity (Wildman–Crippen MR) is 63.1 cm³/mol. The summed E-state index contributed by atoms with van der Waals surface area (Å²) >= 11 is 0. The molecule has 1 aromatic carbocycles. The number of aromatic carboxylic acids is 1. The normalized spacial score (nSPS) is 10.1. The van der Waals surface area contributed by atoms with Crippen molar-refractivity contribution >= 4 is 5.97 Å². The number of benzene rings is 1. The lowest BCUT2D eigenvalue weighted by Gasteiger charge is -2.07. The van der Waals surface area contributed by atoms with E-state index in [1.54, 1.807) is 6.07 Å². The highest BCUT2D eigenvalue weighted by Gasteiger charge is 2.13.